The molecule has 30 heavy (non-hydrogen) atoms. The summed E-state index contributed by atoms with van der Waals surface area (Å²) < 4.78 is 3.87. The minimum absolute atomic E-state index is 0. The summed E-state index contributed by atoms with van der Waals surface area (Å²) in [6.07, 6.45) is 8.25. The summed E-state index contributed by atoms with van der Waals surface area (Å²) in [6.45, 7) is 10.00. The van der Waals surface area contributed by atoms with Crippen LogP contribution in [0.3, 0.4) is 0 Å². The van der Waals surface area contributed by atoms with Crippen LogP contribution in [0.15, 0.2) is 17.4 Å². The molecule has 0 spiro atoms. The third kappa shape index (κ3) is 5.89. The Balaban J connectivity index is 0.00000320. The molecule has 1 unspecified atom stereocenters. The number of aromatic nitrogens is 4. The molecule has 3 heterocycles. The second-order valence-corrected chi connectivity index (χ2v) is 7.70. The fraction of sp³-hybridized carbons (Fsp3) is 0.667. The van der Waals surface area contributed by atoms with Gasteiger partial charge >= 0.3 is 0 Å². The number of rotatable bonds is 7. The first-order chi connectivity index (χ1) is 14.0. The Bertz CT molecular complexity index is 825. The van der Waals surface area contributed by atoms with Gasteiger partial charge in [0.1, 0.15) is 0 Å². The summed E-state index contributed by atoms with van der Waals surface area (Å²) in [5.74, 6) is 0.887. The molecule has 8 nitrogen and oxygen atoms in total. The lowest BCUT2D eigenvalue weighted by molar-refractivity contribution is 0.468. The quantitative estimate of drug-likeness (QED) is 0.329. The topological polar surface area (TPSA) is 75.3 Å². The van der Waals surface area contributed by atoms with Crippen molar-refractivity contribution in [2.45, 2.75) is 59.0 Å². The number of hydrogen-bond acceptors (Lipinski definition) is 4. The van der Waals surface area contributed by atoms with E-state index in [1.165, 1.54) is 16.9 Å². The Hall–Kier alpha value is -1.78. The largest absolute Gasteiger partial charge is 0.367 e. The van der Waals surface area contributed by atoms with Gasteiger partial charge in [-0.1, -0.05) is 13.8 Å². The molecule has 2 N–H and O–H groups in total. The molecule has 0 radical (unpaired) electrons. The van der Waals surface area contributed by atoms with Gasteiger partial charge < -0.3 is 15.5 Å². The molecule has 0 bridgehead atoms. The molecule has 9 heteroatoms. The lowest BCUT2D eigenvalue weighted by Crippen LogP contribution is -2.51. The molecule has 1 fully saturated rings. The number of halogens is 1. The van der Waals surface area contributed by atoms with Gasteiger partial charge in [-0.2, -0.15) is 10.2 Å². The van der Waals surface area contributed by atoms with Crippen molar-refractivity contribution < 1.29 is 0 Å². The Morgan fingerprint density at radius 3 is 2.67 bits per heavy atom. The summed E-state index contributed by atoms with van der Waals surface area (Å²) in [5, 5.41) is 16.1. The minimum Gasteiger partial charge on any atom is -0.367 e. The van der Waals surface area contributed by atoms with Gasteiger partial charge in [0.15, 0.2) is 5.96 Å². The van der Waals surface area contributed by atoms with Crippen molar-refractivity contribution in [2.24, 2.45) is 19.1 Å². The third-order valence-electron chi connectivity index (χ3n) is 5.59. The maximum Gasteiger partial charge on any atom is 0.191 e. The van der Waals surface area contributed by atoms with E-state index in [0.717, 1.165) is 57.0 Å². The molecule has 0 aliphatic carbocycles. The van der Waals surface area contributed by atoms with E-state index in [1.54, 1.807) is 0 Å². The van der Waals surface area contributed by atoms with Crippen LogP contribution in [0.2, 0.25) is 0 Å². The summed E-state index contributed by atoms with van der Waals surface area (Å²) in [5.41, 5.74) is 4.90. The van der Waals surface area contributed by atoms with Crippen LogP contribution < -0.4 is 15.5 Å². The fourth-order valence-corrected chi connectivity index (χ4v) is 4.15. The third-order valence-corrected chi connectivity index (χ3v) is 5.59. The number of guanidine groups is 1. The first kappa shape index (κ1) is 24.5. The zero-order valence-electron chi connectivity index (χ0n) is 19.0. The van der Waals surface area contributed by atoms with Crippen molar-refractivity contribution >= 4 is 35.6 Å². The zero-order chi connectivity index (χ0) is 20.8. The van der Waals surface area contributed by atoms with Crippen LogP contribution >= 0.6 is 24.0 Å². The van der Waals surface area contributed by atoms with Gasteiger partial charge in [0.25, 0.3) is 0 Å². The van der Waals surface area contributed by atoms with Gasteiger partial charge in [-0.25, -0.2) is 4.99 Å². The van der Waals surface area contributed by atoms with Gasteiger partial charge in [0.2, 0.25) is 0 Å². The average molecular weight is 528 g/mol. The van der Waals surface area contributed by atoms with Crippen LogP contribution in [-0.4, -0.2) is 51.2 Å². The highest BCUT2D eigenvalue weighted by Gasteiger charge is 2.22. The van der Waals surface area contributed by atoms with Crippen LogP contribution in [0.4, 0.5) is 5.69 Å². The Labute approximate surface area is 197 Å². The lowest BCUT2D eigenvalue weighted by Gasteiger charge is -2.34. The maximum atomic E-state index is 4.92. The highest BCUT2D eigenvalue weighted by atomic mass is 127. The van der Waals surface area contributed by atoms with Crippen molar-refractivity contribution in [1.82, 2.24) is 30.2 Å². The van der Waals surface area contributed by atoms with Crippen LogP contribution in [0.25, 0.3) is 0 Å². The molecule has 1 saturated heterocycles. The molecule has 1 aliphatic rings. The second-order valence-electron chi connectivity index (χ2n) is 7.70. The van der Waals surface area contributed by atoms with Crippen LogP contribution in [0, 0.1) is 0 Å². The Morgan fingerprint density at radius 1 is 1.23 bits per heavy atom. The molecule has 0 aromatic carbocycles. The molecular weight excluding hydrogens is 491 g/mol. The number of nitrogens with zero attached hydrogens (tertiary/aromatic N) is 6. The Kier molecular flexibility index (Phi) is 9.44. The summed E-state index contributed by atoms with van der Waals surface area (Å²) in [4.78, 5) is 7.32. The van der Waals surface area contributed by atoms with E-state index in [4.69, 9.17) is 4.99 Å². The van der Waals surface area contributed by atoms with Crippen molar-refractivity contribution in [2.75, 3.05) is 24.5 Å². The van der Waals surface area contributed by atoms with E-state index in [1.807, 2.05) is 29.7 Å². The molecule has 1 aliphatic heterocycles. The van der Waals surface area contributed by atoms with Gasteiger partial charge in [-0.15, -0.1) is 24.0 Å². The molecule has 3 rings (SSSR count). The van der Waals surface area contributed by atoms with Crippen molar-refractivity contribution in [3.8, 4) is 0 Å². The van der Waals surface area contributed by atoms with Crippen LogP contribution in [-0.2, 0) is 33.5 Å². The molecular formula is C21H37IN8. The number of aliphatic imine (C=N–C) groups is 1. The standard InChI is InChI=1S/C21H36N8.HI/c1-6-19-18(20(7-2)28(5)26-19)13-23-21(22-8-3)25-16-10-9-11-29(14-16)17-12-24-27(4)15-17;/h12,15-16H,6-11,13-14H2,1-5H3,(H2,22,23,25);1H. The zero-order valence-corrected chi connectivity index (χ0v) is 21.3. The normalized spacial score (nSPS) is 17.0. The maximum absolute atomic E-state index is 4.92. The lowest BCUT2D eigenvalue weighted by atomic mass is 10.1. The summed E-state index contributed by atoms with van der Waals surface area (Å²) in [7, 11) is 4.00. The number of nitrogens with one attached hydrogen (secondary N) is 2. The molecule has 2 aromatic heterocycles. The van der Waals surface area contributed by atoms with Crippen molar-refractivity contribution in [1.29, 1.82) is 0 Å². The number of hydrogen-bond donors (Lipinski definition) is 2. The first-order valence-corrected chi connectivity index (χ1v) is 10.9. The second kappa shape index (κ2) is 11.6. The summed E-state index contributed by atoms with van der Waals surface area (Å²) in [6, 6.07) is 0.368. The monoisotopic (exact) mass is 528 g/mol. The molecule has 2 aromatic rings. The first-order valence-electron chi connectivity index (χ1n) is 10.9. The van der Waals surface area contributed by atoms with E-state index < -0.39 is 0 Å². The minimum atomic E-state index is 0. The molecule has 0 saturated carbocycles. The van der Waals surface area contributed by atoms with E-state index in [0.29, 0.717) is 12.6 Å². The molecule has 168 valence electrons. The van der Waals surface area contributed by atoms with E-state index in [-0.39, 0.29) is 24.0 Å². The Morgan fingerprint density at radius 2 is 2.03 bits per heavy atom. The fourth-order valence-electron chi connectivity index (χ4n) is 4.15. The number of anilines is 1. The highest BCUT2D eigenvalue weighted by molar-refractivity contribution is 14.0. The number of piperidine rings is 1. The van der Waals surface area contributed by atoms with Crippen molar-refractivity contribution in [3.05, 3.63) is 29.3 Å². The van der Waals surface area contributed by atoms with E-state index in [2.05, 4.69) is 52.7 Å². The highest BCUT2D eigenvalue weighted by Crippen LogP contribution is 2.19. The van der Waals surface area contributed by atoms with Gasteiger partial charge in [-0.05, 0) is 32.6 Å². The average Bonchev–Trinajstić information content (AvgIpc) is 3.29. The molecule has 1 atom stereocenters. The SMILES string of the molecule is CCNC(=NCc1c(CC)nn(C)c1CC)NC1CCCN(c2cnn(C)c2)C1.I. The summed E-state index contributed by atoms with van der Waals surface area (Å²) >= 11 is 0. The predicted molar refractivity (Wildman–Crippen MR) is 134 cm³/mol. The predicted octanol–water partition coefficient (Wildman–Crippen LogP) is 2.62. The van der Waals surface area contributed by atoms with E-state index in [9.17, 15) is 0 Å². The van der Waals surface area contributed by atoms with Gasteiger partial charge in [0, 0.05) is 57.2 Å². The van der Waals surface area contributed by atoms with Crippen LogP contribution in [0.5, 0.6) is 0 Å². The van der Waals surface area contributed by atoms with Crippen LogP contribution in [0.1, 0.15) is 50.6 Å². The number of aryl methyl sites for hydroxylation is 3. The van der Waals surface area contributed by atoms with E-state index >= 15 is 0 Å². The smallest absolute Gasteiger partial charge is 0.191 e. The van der Waals surface area contributed by atoms with Gasteiger partial charge in [-0.3, -0.25) is 9.36 Å². The molecule has 0 amide bonds. The van der Waals surface area contributed by atoms with Crippen molar-refractivity contribution in [3.63, 3.8) is 0 Å². The van der Waals surface area contributed by atoms with Gasteiger partial charge in [0.05, 0.1) is 24.1 Å².